The first kappa shape index (κ1) is 74.2. The van der Waals surface area contributed by atoms with E-state index in [2.05, 4.69) is 62.5 Å². The van der Waals surface area contributed by atoms with Gasteiger partial charge in [0.2, 0.25) is 0 Å². The molecule has 0 aliphatic heterocycles. The average Bonchev–Trinajstić information content (AvgIpc) is 3.40. The van der Waals surface area contributed by atoms with Gasteiger partial charge in [-0.15, -0.1) is 0 Å². The predicted molar refractivity (Wildman–Crippen MR) is 325 cm³/mol. The molecule has 0 aromatic carbocycles. The van der Waals surface area contributed by atoms with Gasteiger partial charge in [-0.3, -0.25) is 9.59 Å². The highest BCUT2D eigenvalue weighted by Crippen LogP contribution is 2.18. The lowest BCUT2D eigenvalue weighted by molar-refractivity contribution is -0.870. The SMILES string of the molecule is CCCCC/C=C\C/C=C\CCCCCCCCCCCC(=O)OCC(COC(OCC[N+](C)(C)C)C(=O)[O-])OC(=O)CCCCCCCCCCCCCCCCCCCCCCC/C=C\C/C=C\CCCCCCC. The van der Waals surface area contributed by atoms with Crippen molar-refractivity contribution < 1.29 is 42.9 Å². The van der Waals surface area contributed by atoms with Gasteiger partial charge in [-0.2, -0.15) is 0 Å². The zero-order valence-corrected chi connectivity index (χ0v) is 51.3. The maximum atomic E-state index is 12.9. The average molecular weight is 1080 g/mol. The molecule has 0 saturated heterocycles. The minimum absolute atomic E-state index is 0.148. The van der Waals surface area contributed by atoms with Gasteiger partial charge >= 0.3 is 11.9 Å². The number of esters is 2. The summed E-state index contributed by atoms with van der Waals surface area (Å²) in [5.41, 5.74) is 0. The van der Waals surface area contributed by atoms with E-state index >= 15 is 0 Å². The van der Waals surface area contributed by atoms with Crippen molar-refractivity contribution in [1.82, 2.24) is 0 Å². The molecule has 77 heavy (non-hydrogen) atoms. The van der Waals surface area contributed by atoms with E-state index in [1.54, 1.807) is 0 Å². The molecular weight excluding hydrogens is 959 g/mol. The third kappa shape index (κ3) is 60.7. The van der Waals surface area contributed by atoms with Crippen LogP contribution in [0.4, 0.5) is 0 Å². The van der Waals surface area contributed by atoms with E-state index < -0.39 is 24.3 Å². The second-order valence-electron chi connectivity index (χ2n) is 23.4. The summed E-state index contributed by atoms with van der Waals surface area (Å²) in [6.45, 7) is 4.75. The molecule has 9 heteroatoms. The Hall–Kier alpha value is -2.75. The van der Waals surface area contributed by atoms with Gasteiger partial charge in [-0.1, -0.05) is 268 Å². The molecular formula is C68H125NO8. The van der Waals surface area contributed by atoms with Crippen LogP contribution in [0.15, 0.2) is 48.6 Å². The number of ether oxygens (including phenoxy) is 4. The quantitative estimate of drug-likeness (QED) is 0.0195. The van der Waals surface area contributed by atoms with E-state index in [0.717, 1.165) is 44.9 Å². The van der Waals surface area contributed by atoms with E-state index in [4.69, 9.17) is 18.9 Å². The predicted octanol–water partition coefficient (Wildman–Crippen LogP) is 18.5. The molecule has 0 fully saturated rings. The Morgan fingerprint density at radius 2 is 0.701 bits per heavy atom. The van der Waals surface area contributed by atoms with Crippen LogP contribution in [0.1, 0.15) is 309 Å². The van der Waals surface area contributed by atoms with E-state index in [-0.39, 0.29) is 38.6 Å². The van der Waals surface area contributed by atoms with E-state index in [1.165, 1.54) is 231 Å². The molecule has 9 nitrogen and oxygen atoms in total. The number of rotatable bonds is 61. The van der Waals surface area contributed by atoms with Crippen LogP contribution in [0.3, 0.4) is 0 Å². The van der Waals surface area contributed by atoms with Crippen LogP contribution in [0.25, 0.3) is 0 Å². The Balaban J connectivity index is 4.07. The van der Waals surface area contributed by atoms with E-state index in [1.807, 2.05) is 21.1 Å². The number of quaternary nitrogens is 1. The lowest BCUT2D eigenvalue weighted by Gasteiger charge is -2.26. The van der Waals surface area contributed by atoms with Crippen LogP contribution in [-0.2, 0) is 33.3 Å². The first-order valence-corrected chi connectivity index (χ1v) is 32.8. The van der Waals surface area contributed by atoms with Crippen molar-refractivity contribution in [3.8, 4) is 0 Å². The summed E-state index contributed by atoms with van der Waals surface area (Å²) in [6.07, 6.45) is 71.8. The summed E-state index contributed by atoms with van der Waals surface area (Å²) >= 11 is 0. The summed E-state index contributed by atoms with van der Waals surface area (Å²) in [7, 11) is 5.93. The van der Waals surface area contributed by atoms with Gasteiger partial charge in [0, 0.05) is 12.8 Å². The highest BCUT2D eigenvalue weighted by Gasteiger charge is 2.22. The number of hydrogen-bond acceptors (Lipinski definition) is 8. The molecule has 0 rings (SSSR count). The maximum Gasteiger partial charge on any atom is 0.306 e. The van der Waals surface area contributed by atoms with Crippen molar-refractivity contribution in [3.63, 3.8) is 0 Å². The van der Waals surface area contributed by atoms with Crippen molar-refractivity contribution in [3.05, 3.63) is 48.6 Å². The van der Waals surface area contributed by atoms with E-state index in [0.29, 0.717) is 17.4 Å². The Morgan fingerprint density at radius 3 is 1.05 bits per heavy atom. The number of likely N-dealkylation sites (N-methyl/N-ethyl adjacent to an activating group) is 1. The molecule has 0 aromatic heterocycles. The summed E-state index contributed by atoms with van der Waals surface area (Å²) in [4.78, 5) is 37.4. The number of carbonyl (C=O) groups excluding carboxylic acids is 3. The normalized spacial score (nSPS) is 13.0. The van der Waals surface area contributed by atoms with Crippen LogP contribution in [0.5, 0.6) is 0 Å². The highest BCUT2D eigenvalue weighted by atomic mass is 16.7. The molecule has 0 bridgehead atoms. The minimum atomic E-state index is -1.62. The Bertz CT molecular complexity index is 1400. The molecule has 0 aromatic rings. The van der Waals surface area contributed by atoms with Gasteiger partial charge in [0.25, 0.3) is 0 Å². The lowest BCUT2D eigenvalue weighted by Crippen LogP contribution is -2.44. The molecule has 0 aliphatic carbocycles. The third-order valence-corrected chi connectivity index (χ3v) is 14.5. The minimum Gasteiger partial charge on any atom is -0.545 e. The van der Waals surface area contributed by atoms with E-state index in [9.17, 15) is 19.5 Å². The Morgan fingerprint density at radius 1 is 0.390 bits per heavy atom. The Kier molecular flexibility index (Phi) is 57.3. The zero-order valence-electron chi connectivity index (χ0n) is 51.3. The van der Waals surface area contributed by atoms with Crippen LogP contribution in [0.2, 0.25) is 0 Å². The topological polar surface area (TPSA) is 111 Å². The number of aliphatic carboxylic acids is 1. The number of carbonyl (C=O) groups is 3. The van der Waals surface area contributed by atoms with Crippen molar-refractivity contribution in [1.29, 1.82) is 0 Å². The number of carboxylic acid groups (broad SMARTS) is 1. The molecule has 450 valence electrons. The zero-order chi connectivity index (χ0) is 56.2. The van der Waals surface area contributed by atoms with Crippen molar-refractivity contribution in [2.45, 2.75) is 322 Å². The first-order valence-electron chi connectivity index (χ1n) is 32.8. The molecule has 0 radical (unpaired) electrons. The molecule has 2 unspecified atom stereocenters. The summed E-state index contributed by atoms with van der Waals surface area (Å²) in [5, 5.41) is 11.8. The number of allylic oxidation sites excluding steroid dienone is 8. The fourth-order valence-corrected chi connectivity index (χ4v) is 9.48. The summed E-state index contributed by atoms with van der Waals surface area (Å²) in [6, 6.07) is 0. The van der Waals surface area contributed by atoms with Crippen molar-refractivity contribution >= 4 is 17.9 Å². The molecule has 0 aliphatic rings. The van der Waals surface area contributed by atoms with Gasteiger partial charge < -0.3 is 33.3 Å². The van der Waals surface area contributed by atoms with Crippen molar-refractivity contribution in [2.75, 3.05) is 47.5 Å². The van der Waals surface area contributed by atoms with Gasteiger partial charge in [-0.25, -0.2) is 0 Å². The van der Waals surface area contributed by atoms with Crippen LogP contribution >= 0.6 is 0 Å². The number of unbranched alkanes of at least 4 members (excludes halogenated alkanes) is 38. The largest absolute Gasteiger partial charge is 0.545 e. The van der Waals surface area contributed by atoms with Gasteiger partial charge in [0.05, 0.1) is 40.3 Å². The number of carboxylic acids is 1. The van der Waals surface area contributed by atoms with Gasteiger partial charge in [0.15, 0.2) is 12.4 Å². The lowest BCUT2D eigenvalue weighted by atomic mass is 10.0. The molecule has 0 heterocycles. The highest BCUT2D eigenvalue weighted by molar-refractivity contribution is 5.70. The van der Waals surface area contributed by atoms with Crippen molar-refractivity contribution in [2.24, 2.45) is 0 Å². The van der Waals surface area contributed by atoms with Crippen LogP contribution < -0.4 is 5.11 Å². The first-order chi connectivity index (χ1) is 37.6. The second-order valence-corrected chi connectivity index (χ2v) is 23.4. The maximum absolute atomic E-state index is 12.9. The monoisotopic (exact) mass is 1080 g/mol. The second kappa shape index (κ2) is 59.4. The van der Waals surface area contributed by atoms with Crippen LogP contribution in [-0.4, -0.2) is 82.3 Å². The molecule has 0 N–H and O–H groups in total. The van der Waals surface area contributed by atoms with Gasteiger partial charge in [-0.05, 0) is 77.0 Å². The smallest absolute Gasteiger partial charge is 0.306 e. The molecule has 0 spiro atoms. The van der Waals surface area contributed by atoms with Crippen LogP contribution in [0, 0.1) is 0 Å². The summed E-state index contributed by atoms with van der Waals surface area (Å²) in [5.74, 6) is -2.27. The molecule has 0 saturated carbocycles. The Labute approximate surface area is 476 Å². The third-order valence-electron chi connectivity index (χ3n) is 14.5. The van der Waals surface area contributed by atoms with Gasteiger partial charge in [0.1, 0.15) is 13.2 Å². The standard InChI is InChI=1S/C68H125NO8/c1-6-8-10-12-14-16-18-20-22-24-26-27-28-29-30-31-32-33-34-35-36-37-38-39-41-43-45-47-49-51-53-55-57-59-66(71)77-64(63-76-68(67(72)73)74-61-60-69(3,4)5)62-75-65(70)58-56-54-52-50-48-46-44-42-40-25-23-21-19-17-15-13-11-9-7-2/h15,17-18,20-21,23-24,26,64,68H,6-14,16,19,22,25,27-63H2,1-5H3/b17-15-,20-18-,23-21-,26-24-. The molecule has 2 atom stereocenters. The number of hydrogen-bond donors (Lipinski definition) is 0. The number of nitrogens with zero attached hydrogens (tertiary/aromatic N) is 1. The summed E-state index contributed by atoms with van der Waals surface area (Å²) < 4.78 is 22.8. The molecule has 0 amide bonds. The fraction of sp³-hybridized carbons (Fsp3) is 0.838. The fourth-order valence-electron chi connectivity index (χ4n) is 9.48.